The number of nitrogens with one attached hydrogen (secondary N) is 1. The molecule has 0 saturated carbocycles. The van der Waals surface area contributed by atoms with Gasteiger partial charge in [0.2, 0.25) is 6.20 Å². The Morgan fingerprint density at radius 2 is 1.41 bits per heavy atom. The molecule has 184 valence electrons. The van der Waals surface area contributed by atoms with Crippen LogP contribution in [0.1, 0.15) is 66.0 Å². The summed E-state index contributed by atoms with van der Waals surface area (Å²) in [6.45, 7) is 15.4. The van der Waals surface area contributed by atoms with Crippen molar-refractivity contribution in [3.63, 3.8) is 0 Å². The minimum absolute atomic E-state index is 0.132. The normalized spacial score (nSPS) is 10.3. The Bertz CT molecular complexity index is 1220. The van der Waals surface area contributed by atoms with E-state index in [9.17, 15) is 13.2 Å². The lowest BCUT2D eigenvalue weighted by atomic mass is 9.98. The van der Waals surface area contributed by atoms with Crippen LogP contribution in [0.5, 0.6) is 0 Å². The van der Waals surface area contributed by atoms with Gasteiger partial charge in [-0.1, -0.05) is 45.4 Å². The summed E-state index contributed by atoms with van der Waals surface area (Å²) in [5.41, 5.74) is 4.25. The second kappa shape index (κ2) is 12.9. The van der Waals surface area contributed by atoms with E-state index in [0.29, 0.717) is 5.69 Å². The highest BCUT2D eigenvalue weighted by Crippen LogP contribution is 2.26. The molecule has 0 spiro atoms. The first-order valence-electron chi connectivity index (χ1n) is 11.4. The van der Waals surface area contributed by atoms with E-state index in [1.807, 2.05) is 48.5 Å². The van der Waals surface area contributed by atoms with Gasteiger partial charge in [-0.2, -0.15) is 0 Å². The van der Waals surface area contributed by atoms with E-state index in [-0.39, 0.29) is 21.9 Å². The highest BCUT2D eigenvalue weighted by atomic mass is 32.2. The van der Waals surface area contributed by atoms with Gasteiger partial charge in [0.25, 0.3) is 15.8 Å². The second-order valence-electron chi connectivity index (χ2n) is 7.28. The highest BCUT2D eigenvalue weighted by molar-refractivity contribution is 7.92. The van der Waals surface area contributed by atoms with Gasteiger partial charge in [0.05, 0.1) is 16.1 Å². The Morgan fingerprint density at radius 1 is 0.853 bits per heavy atom. The predicted molar refractivity (Wildman–Crippen MR) is 138 cm³/mol. The monoisotopic (exact) mass is 485 g/mol. The van der Waals surface area contributed by atoms with Crippen molar-refractivity contribution in [1.82, 2.24) is 0 Å². The van der Waals surface area contributed by atoms with Crippen molar-refractivity contribution in [3.05, 3.63) is 88.2 Å². The number of sulfonamides is 1. The van der Waals surface area contributed by atoms with Crippen molar-refractivity contribution < 1.29 is 22.8 Å². The van der Waals surface area contributed by atoms with Crippen LogP contribution < -0.4 is 14.3 Å². The second-order valence-corrected chi connectivity index (χ2v) is 8.96. The van der Waals surface area contributed by atoms with Crippen molar-refractivity contribution in [2.45, 2.75) is 60.3 Å². The number of pyridine rings is 1. The third-order valence-corrected chi connectivity index (χ3v) is 6.41. The molecule has 1 aromatic heterocycles. The zero-order valence-corrected chi connectivity index (χ0v) is 22.5. The summed E-state index contributed by atoms with van der Waals surface area (Å²) in [6, 6.07) is 13.5. The summed E-state index contributed by atoms with van der Waals surface area (Å²) in [7, 11) is -2.39. The average molecular weight is 486 g/mol. The number of hydrogen-bond donors (Lipinski definition) is 1. The molecule has 0 saturated heterocycles. The van der Waals surface area contributed by atoms with Gasteiger partial charge in [0.1, 0.15) is 7.11 Å². The number of anilines is 1. The smallest absolute Gasteiger partial charge is 0.282 e. The molecule has 34 heavy (non-hydrogen) atoms. The van der Waals surface area contributed by atoms with Gasteiger partial charge in [-0.05, 0) is 69.2 Å². The Kier molecular flexibility index (Phi) is 10.9. The fraction of sp³-hybridized carbons (Fsp3) is 0.333. The molecule has 1 heterocycles. The molecule has 7 heteroatoms. The van der Waals surface area contributed by atoms with E-state index in [0.717, 1.165) is 22.3 Å². The van der Waals surface area contributed by atoms with Gasteiger partial charge in [0, 0.05) is 16.4 Å². The van der Waals surface area contributed by atoms with Gasteiger partial charge in [0.15, 0.2) is 0 Å². The van der Waals surface area contributed by atoms with Crippen LogP contribution in [0.2, 0.25) is 0 Å². The number of carbonyl (C=O) groups is 1. The van der Waals surface area contributed by atoms with E-state index < -0.39 is 10.0 Å². The summed E-state index contributed by atoms with van der Waals surface area (Å²) in [5, 5.41) is 0. The minimum atomic E-state index is -3.86. The Hall–Kier alpha value is -3.19. The number of hydrogen-bond acceptors (Lipinski definition) is 4. The molecule has 0 radical (unpaired) electrons. The Balaban J connectivity index is 0.00000137. The molecule has 0 amide bonds. The maximum Gasteiger partial charge on any atom is 0.307 e. The standard InChI is InChI=1S/C23H24N2O4S.2C2H6/c1-15-8-10-19(11-9-15)30(27,28)24-21-14-18(4)17(3)13-20(21)23(26)22-16(2)7-6-12-25(22)29-5;2*1-2/h6-14H,1-5H3;2*1-2H3/p+1. The number of rotatable bonds is 6. The van der Waals surface area contributed by atoms with Crippen LogP contribution in [0.15, 0.2) is 59.6 Å². The third-order valence-electron chi connectivity index (χ3n) is 5.03. The minimum Gasteiger partial charge on any atom is -0.282 e. The van der Waals surface area contributed by atoms with Crippen molar-refractivity contribution in [2.75, 3.05) is 11.8 Å². The fourth-order valence-corrected chi connectivity index (χ4v) is 4.23. The number of carbonyl (C=O) groups excluding carboxylic acids is 1. The lowest BCUT2D eigenvalue weighted by Crippen LogP contribution is -2.46. The van der Waals surface area contributed by atoms with Gasteiger partial charge in [-0.3, -0.25) is 14.4 Å². The Labute approximate surface area is 204 Å². The molecule has 3 aromatic rings. The maximum atomic E-state index is 13.5. The van der Waals surface area contributed by atoms with Crippen LogP contribution in [-0.2, 0) is 10.0 Å². The summed E-state index contributed by atoms with van der Waals surface area (Å²) < 4.78 is 29.9. The van der Waals surface area contributed by atoms with Crippen LogP contribution >= 0.6 is 0 Å². The molecule has 3 rings (SSSR count). The SMILES string of the molecule is CC.CC.CO[n+]1cccc(C)c1C(=O)c1cc(C)c(C)cc1NS(=O)(=O)c1ccc(C)cc1. The molecule has 0 aliphatic carbocycles. The molecular formula is C27H37N2O4S+. The summed E-state index contributed by atoms with van der Waals surface area (Å²) in [6.07, 6.45) is 1.64. The molecule has 1 N–H and O–H groups in total. The van der Waals surface area contributed by atoms with Crippen LogP contribution in [0.4, 0.5) is 5.69 Å². The highest BCUT2D eigenvalue weighted by Gasteiger charge is 2.29. The first-order chi connectivity index (χ1) is 16.1. The van der Waals surface area contributed by atoms with Gasteiger partial charge in [-0.25, -0.2) is 8.42 Å². The molecule has 6 nitrogen and oxygen atoms in total. The van der Waals surface area contributed by atoms with Crippen molar-refractivity contribution in [3.8, 4) is 0 Å². The van der Waals surface area contributed by atoms with E-state index in [1.165, 1.54) is 11.8 Å². The van der Waals surface area contributed by atoms with E-state index in [1.54, 1.807) is 61.7 Å². The van der Waals surface area contributed by atoms with Crippen LogP contribution in [0.25, 0.3) is 0 Å². The van der Waals surface area contributed by atoms with Crippen LogP contribution in [0, 0.1) is 27.7 Å². The number of aryl methyl sites for hydroxylation is 4. The number of benzene rings is 2. The summed E-state index contributed by atoms with van der Waals surface area (Å²) in [4.78, 5) is 18.9. The average Bonchev–Trinajstić information content (AvgIpc) is 2.83. The first kappa shape index (κ1) is 28.8. The van der Waals surface area contributed by atoms with Gasteiger partial charge in [-0.15, -0.1) is 0 Å². The quantitative estimate of drug-likeness (QED) is 0.377. The van der Waals surface area contributed by atoms with E-state index in [2.05, 4.69) is 4.72 Å². The fourth-order valence-electron chi connectivity index (χ4n) is 3.16. The molecule has 0 atom stereocenters. The van der Waals surface area contributed by atoms with Crippen molar-refractivity contribution in [2.24, 2.45) is 0 Å². The maximum absolute atomic E-state index is 13.5. The third kappa shape index (κ3) is 6.67. The topological polar surface area (TPSA) is 76.3 Å². The number of nitrogens with zero attached hydrogens (tertiary/aromatic N) is 1. The van der Waals surface area contributed by atoms with Crippen LogP contribution in [-0.4, -0.2) is 21.3 Å². The molecule has 0 aliphatic heterocycles. The molecule has 0 aliphatic rings. The van der Waals surface area contributed by atoms with E-state index in [4.69, 9.17) is 4.84 Å². The predicted octanol–water partition coefficient (Wildman–Crippen LogP) is 5.35. The lowest BCUT2D eigenvalue weighted by molar-refractivity contribution is -0.886. The molecular weight excluding hydrogens is 448 g/mol. The summed E-state index contributed by atoms with van der Waals surface area (Å²) in [5.74, 6) is -0.334. The van der Waals surface area contributed by atoms with Gasteiger partial charge >= 0.3 is 5.69 Å². The Morgan fingerprint density at radius 3 is 1.97 bits per heavy atom. The molecule has 2 aromatic carbocycles. The lowest BCUT2D eigenvalue weighted by Gasteiger charge is -2.14. The molecule has 0 bridgehead atoms. The van der Waals surface area contributed by atoms with Crippen LogP contribution in [0.3, 0.4) is 0 Å². The number of aromatic nitrogens is 1. The zero-order valence-electron chi connectivity index (χ0n) is 21.7. The summed E-state index contributed by atoms with van der Waals surface area (Å²) >= 11 is 0. The molecule has 0 unspecified atom stereocenters. The largest absolute Gasteiger partial charge is 0.307 e. The zero-order chi connectivity index (χ0) is 26.1. The van der Waals surface area contributed by atoms with Crippen molar-refractivity contribution in [1.29, 1.82) is 0 Å². The molecule has 0 fully saturated rings. The first-order valence-corrected chi connectivity index (χ1v) is 12.9. The van der Waals surface area contributed by atoms with E-state index >= 15 is 0 Å². The number of ketones is 1. The van der Waals surface area contributed by atoms with Crippen molar-refractivity contribution >= 4 is 21.5 Å². The van der Waals surface area contributed by atoms with Gasteiger partial charge < -0.3 is 0 Å².